The fourth-order valence-corrected chi connectivity index (χ4v) is 1.17. The second kappa shape index (κ2) is 6.60. The summed E-state index contributed by atoms with van der Waals surface area (Å²) >= 11 is 0. The molecule has 0 amide bonds. The van der Waals surface area contributed by atoms with E-state index in [-0.39, 0.29) is 12.0 Å². The summed E-state index contributed by atoms with van der Waals surface area (Å²) in [5, 5.41) is 3.13. The number of ether oxygens (including phenoxy) is 1. The van der Waals surface area contributed by atoms with Gasteiger partial charge in [0.1, 0.15) is 6.04 Å². The largest absolute Gasteiger partial charge is 0.468 e. The molecule has 1 unspecified atom stereocenters. The van der Waals surface area contributed by atoms with Crippen LogP contribution in [0.5, 0.6) is 0 Å². The van der Waals surface area contributed by atoms with Crippen LogP contribution in [0.25, 0.3) is 0 Å². The summed E-state index contributed by atoms with van der Waals surface area (Å²) in [6.07, 6.45) is 0.792. The van der Waals surface area contributed by atoms with Crippen LogP contribution in [0.1, 0.15) is 27.2 Å². The third kappa shape index (κ3) is 5.75. The molecular formula is C11H21NO2. The van der Waals surface area contributed by atoms with Gasteiger partial charge >= 0.3 is 5.97 Å². The number of hydrogen-bond acceptors (Lipinski definition) is 3. The lowest BCUT2D eigenvalue weighted by Crippen LogP contribution is -2.39. The van der Waals surface area contributed by atoms with Gasteiger partial charge in [0.25, 0.3) is 0 Å². The molecule has 0 saturated carbocycles. The summed E-state index contributed by atoms with van der Waals surface area (Å²) < 4.78 is 4.71. The Morgan fingerprint density at radius 1 is 1.50 bits per heavy atom. The van der Waals surface area contributed by atoms with Gasteiger partial charge in [0.05, 0.1) is 7.11 Å². The summed E-state index contributed by atoms with van der Waals surface area (Å²) in [4.78, 5) is 11.3. The molecule has 0 rings (SSSR count). The molecule has 3 nitrogen and oxygen atoms in total. The van der Waals surface area contributed by atoms with E-state index >= 15 is 0 Å². The molecule has 1 N–H and O–H groups in total. The first-order valence-electron chi connectivity index (χ1n) is 4.93. The minimum Gasteiger partial charge on any atom is -0.468 e. The molecular weight excluding hydrogens is 178 g/mol. The zero-order chi connectivity index (χ0) is 11.1. The highest BCUT2D eigenvalue weighted by atomic mass is 16.5. The zero-order valence-corrected chi connectivity index (χ0v) is 9.59. The van der Waals surface area contributed by atoms with Crippen LogP contribution in [0.4, 0.5) is 0 Å². The monoisotopic (exact) mass is 199 g/mol. The van der Waals surface area contributed by atoms with Crippen molar-refractivity contribution in [3.05, 3.63) is 12.2 Å². The maximum Gasteiger partial charge on any atom is 0.322 e. The smallest absolute Gasteiger partial charge is 0.322 e. The number of esters is 1. The number of nitrogens with one attached hydrogen (secondary N) is 1. The minimum atomic E-state index is -0.211. The maximum atomic E-state index is 11.3. The Morgan fingerprint density at radius 3 is 2.43 bits per heavy atom. The number of carbonyl (C=O) groups excluding carboxylic acids is 1. The van der Waals surface area contributed by atoms with Crippen molar-refractivity contribution in [1.29, 1.82) is 0 Å². The van der Waals surface area contributed by atoms with Crippen LogP contribution in [-0.4, -0.2) is 25.7 Å². The average molecular weight is 199 g/mol. The Labute approximate surface area is 86.5 Å². The van der Waals surface area contributed by atoms with Gasteiger partial charge in [0, 0.05) is 6.54 Å². The van der Waals surface area contributed by atoms with E-state index in [0.717, 1.165) is 12.0 Å². The van der Waals surface area contributed by atoms with Gasteiger partial charge < -0.3 is 10.1 Å². The first-order valence-corrected chi connectivity index (χ1v) is 4.93. The van der Waals surface area contributed by atoms with E-state index in [4.69, 9.17) is 4.74 Å². The highest BCUT2D eigenvalue weighted by Gasteiger charge is 2.19. The normalized spacial score (nSPS) is 12.6. The SMILES string of the molecule is C=C(C)CNC(CC(C)C)C(=O)OC. The van der Waals surface area contributed by atoms with E-state index in [1.807, 2.05) is 6.92 Å². The molecule has 0 bridgehead atoms. The van der Waals surface area contributed by atoms with E-state index in [1.165, 1.54) is 7.11 Å². The van der Waals surface area contributed by atoms with E-state index in [9.17, 15) is 4.79 Å². The van der Waals surface area contributed by atoms with Gasteiger partial charge in [-0.2, -0.15) is 0 Å². The van der Waals surface area contributed by atoms with Crippen LogP contribution in [0, 0.1) is 5.92 Å². The van der Waals surface area contributed by atoms with Gasteiger partial charge in [-0.25, -0.2) is 0 Å². The lowest BCUT2D eigenvalue weighted by molar-refractivity contribution is -0.143. The zero-order valence-electron chi connectivity index (χ0n) is 9.59. The highest BCUT2D eigenvalue weighted by Crippen LogP contribution is 2.06. The van der Waals surface area contributed by atoms with E-state index < -0.39 is 0 Å². The lowest BCUT2D eigenvalue weighted by Gasteiger charge is -2.18. The molecule has 0 aliphatic carbocycles. The molecule has 0 aliphatic rings. The molecule has 82 valence electrons. The number of hydrogen-bond donors (Lipinski definition) is 1. The van der Waals surface area contributed by atoms with Gasteiger partial charge in [0.15, 0.2) is 0 Å². The van der Waals surface area contributed by atoms with Crippen molar-refractivity contribution >= 4 is 5.97 Å². The minimum absolute atomic E-state index is 0.194. The highest BCUT2D eigenvalue weighted by molar-refractivity contribution is 5.75. The van der Waals surface area contributed by atoms with Crippen molar-refractivity contribution in [2.24, 2.45) is 5.92 Å². The molecule has 0 heterocycles. The number of carbonyl (C=O) groups is 1. The molecule has 0 radical (unpaired) electrons. The van der Waals surface area contributed by atoms with E-state index in [1.54, 1.807) is 0 Å². The molecule has 0 saturated heterocycles. The Hall–Kier alpha value is -0.830. The van der Waals surface area contributed by atoms with Crippen LogP contribution < -0.4 is 5.32 Å². The van der Waals surface area contributed by atoms with Crippen LogP contribution in [0.15, 0.2) is 12.2 Å². The van der Waals surface area contributed by atoms with Crippen molar-refractivity contribution in [2.45, 2.75) is 33.2 Å². The van der Waals surface area contributed by atoms with E-state index in [0.29, 0.717) is 12.5 Å². The van der Waals surface area contributed by atoms with Crippen LogP contribution in [0.3, 0.4) is 0 Å². The van der Waals surface area contributed by atoms with Gasteiger partial charge in [0.2, 0.25) is 0 Å². The fourth-order valence-electron chi connectivity index (χ4n) is 1.17. The molecule has 3 heteroatoms. The molecule has 1 atom stereocenters. The number of rotatable bonds is 6. The predicted octanol–water partition coefficient (Wildman–Crippen LogP) is 1.74. The Kier molecular flexibility index (Phi) is 6.21. The molecule has 0 fully saturated rings. The quantitative estimate of drug-likeness (QED) is 0.523. The standard InChI is InChI=1S/C11H21NO2/c1-8(2)6-10(11(13)14-5)12-7-9(3)4/h8,10,12H,3,6-7H2,1-2,4-5H3. The molecule has 0 aliphatic heterocycles. The van der Waals surface area contributed by atoms with Crippen LogP contribution in [0.2, 0.25) is 0 Å². The molecule has 0 aromatic rings. The Balaban J connectivity index is 4.10. The van der Waals surface area contributed by atoms with Crippen molar-refractivity contribution in [1.82, 2.24) is 5.32 Å². The first-order chi connectivity index (χ1) is 6.47. The van der Waals surface area contributed by atoms with Crippen molar-refractivity contribution in [3.8, 4) is 0 Å². The lowest BCUT2D eigenvalue weighted by atomic mass is 10.0. The van der Waals surface area contributed by atoms with E-state index in [2.05, 4.69) is 25.7 Å². The predicted molar refractivity (Wildman–Crippen MR) is 58.1 cm³/mol. The second-order valence-corrected chi connectivity index (χ2v) is 4.04. The van der Waals surface area contributed by atoms with Gasteiger partial charge in [-0.1, -0.05) is 26.0 Å². The maximum absolute atomic E-state index is 11.3. The molecule has 0 aromatic heterocycles. The van der Waals surface area contributed by atoms with Crippen LogP contribution >= 0.6 is 0 Å². The summed E-state index contributed by atoms with van der Waals surface area (Å²) in [5.74, 6) is 0.275. The van der Waals surface area contributed by atoms with Crippen molar-refractivity contribution < 1.29 is 9.53 Å². The fraction of sp³-hybridized carbons (Fsp3) is 0.727. The third-order valence-electron chi connectivity index (χ3n) is 1.84. The Morgan fingerprint density at radius 2 is 2.07 bits per heavy atom. The molecule has 0 spiro atoms. The molecule has 14 heavy (non-hydrogen) atoms. The topological polar surface area (TPSA) is 38.3 Å². The van der Waals surface area contributed by atoms with Crippen molar-refractivity contribution in [3.63, 3.8) is 0 Å². The van der Waals surface area contributed by atoms with Gasteiger partial charge in [-0.3, -0.25) is 4.79 Å². The summed E-state index contributed by atoms with van der Waals surface area (Å²) in [6, 6.07) is -0.211. The van der Waals surface area contributed by atoms with Crippen LogP contribution in [-0.2, 0) is 9.53 Å². The van der Waals surface area contributed by atoms with Crippen molar-refractivity contribution in [2.75, 3.05) is 13.7 Å². The average Bonchev–Trinajstić information content (AvgIpc) is 2.10. The summed E-state index contributed by atoms with van der Waals surface area (Å²) in [5.41, 5.74) is 1.02. The summed E-state index contributed by atoms with van der Waals surface area (Å²) in [7, 11) is 1.41. The van der Waals surface area contributed by atoms with Gasteiger partial charge in [-0.05, 0) is 19.3 Å². The molecule has 0 aromatic carbocycles. The Bertz CT molecular complexity index is 199. The first kappa shape index (κ1) is 13.2. The third-order valence-corrected chi connectivity index (χ3v) is 1.84. The second-order valence-electron chi connectivity index (χ2n) is 4.04. The summed E-state index contributed by atoms with van der Waals surface area (Å²) in [6.45, 7) is 10.5. The van der Waals surface area contributed by atoms with Gasteiger partial charge in [-0.15, -0.1) is 0 Å². The number of methoxy groups -OCH3 is 1.